The molecule has 0 radical (unpaired) electrons. The molecule has 2 rings (SSSR count). The highest BCUT2D eigenvalue weighted by Gasteiger charge is 2.19. The SMILES string of the molecule is O=C(CNS(=O)(=O)c1ccccc1Br)OCC(=O)c1ccccc1. The highest BCUT2D eigenvalue weighted by atomic mass is 79.9. The van der Waals surface area contributed by atoms with E-state index in [-0.39, 0.29) is 10.7 Å². The van der Waals surface area contributed by atoms with E-state index in [1.165, 1.54) is 6.07 Å². The number of esters is 1. The molecule has 0 aliphatic heterocycles. The molecule has 6 nitrogen and oxygen atoms in total. The maximum atomic E-state index is 12.1. The first-order valence-corrected chi connectivity index (χ1v) is 9.16. The van der Waals surface area contributed by atoms with Crippen molar-refractivity contribution in [3.05, 3.63) is 64.6 Å². The van der Waals surface area contributed by atoms with Gasteiger partial charge in [0.25, 0.3) is 0 Å². The molecule has 2 aromatic carbocycles. The molecule has 0 unspecified atom stereocenters. The van der Waals surface area contributed by atoms with Crippen molar-refractivity contribution in [1.29, 1.82) is 0 Å². The van der Waals surface area contributed by atoms with Crippen LogP contribution in [-0.2, 0) is 19.6 Å². The van der Waals surface area contributed by atoms with E-state index >= 15 is 0 Å². The van der Waals surface area contributed by atoms with Crippen LogP contribution < -0.4 is 4.72 Å². The molecule has 0 atom stereocenters. The quantitative estimate of drug-likeness (QED) is 0.556. The van der Waals surface area contributed by atoms with Crippen molar-refractivity contribution >= 4 is 37.7 Å². The van der Waals surface area contributed by atoms with Crippen LogP contribution in [0.25, 0.3) is 0 Å². The summed E-state index contributed by atoms with van der Waals surface area (Å²) in [7, 11) is -3.86. The number of hydrogen-bond acceptors (Lipinski definition) is 5. The Kier molecular flexibility index (Phi) is 6.24. The number of carbonyl (C=O) groups is 2. The normalized spacial score (nSPS) is 11.0. The minimum atomic E-state index is -3.86. The second kappa shape index (κ2) is 8.18. The van der Waals surface area contributed by atoms with Crippen molar-refractivity contribution in [2.24, 2.45) is 0 Å². The number of rotatable bonds is 7. The number of nitrogens with one attached hydrogen (secondary N) is 1. The number of hydrogen-bond donors (Lipinski definition) is 1. The third kappa shape index (κ3) is 4.98. The summed E-state index contributed by atoms with van der Waals surface area (Å²) in [6.45, 7) is -1.01. The predicted octanol–water partition coefficient (Wildman–Crippen LogP) is 2.15. The third-order valence-electron chi connectivity index (χ3n) is 2.99. The molecule has 0 saturated heterocycles. The highest BCUT2D eigenvalue weighted by Crippen LogP contribution is 2.20. The third-order valence-corrected chi connectivity index (χ3v) is 5.41. The van der Waals surface area contributed by atoms with E-state index in [9.17, 15) is 18.0 Å². The van der Waals surface area contributed by atoms with Gasteiger partial charge in [0, 0.05) is 10.0 Å². The van der Waals surface area contributed by atoms with Gasteiger partial charge in [0.1, 0.15) is 6.54 Å². The molecule has 0 fully saturated rings. The second-order valence-electron chi connectivity index (χ2n) is 4.70. The van der Waals surface area contributed by atoms with Gasteiger partial charge >= 0.3 is 5.97 Å². The first-order chi connectivity index (χ1) is 11.4. The Hall–Kier alpha value is -2.03. The van der Waals surface area contributed by atoms with E-state index in [1.807, 2.05) is 0 Å². The number of Topliss-reactive ketones (excluding diaryl/α,β-unsaturated/α-hetero) is 1. The van der Waals surface area contributed by atoms with Crippen molar-refractivity contribution in [2.75, 3.05) is 13.2 Å². The molecule has 0 aliphatic carbocycles. The number of sulfonamides is 1. The van der Waals surface area contributed by atoms with Crippen LogP contribution in [0.1, 0.15) is 10.4 Å². The summed E-state index contributed by atoms with van der Waals surface area (Å²) in [6.07, 6.45) is 0. The van der Waals surface area contributed by atoms with Gasteiger partial charge in [0.15, 0.2) is 12.4 Å². The molecule has 8 heteroatoms. The predicted molar refractivity (Wildman–Crippen MR) is 91.1 cm³/mol. The fourth-order valence-electron chi connectivity index (χ4n) is 1.80. The lowest BCUT2D eigenvalue weighted by atomic mass is 10.1. The van der Waals surface area contributed by atoms with E-state index < -0.39 is 29.1 Å². The number of ether oxygens (including phenoxy) is 1. The fourth-order valence-corrected chi connectivity index (χ4v) is 3.77. The first-order valence-electron chi connectivity index (χ1n) is 6.88. The van der Waals surface area contributed by atoms with Crippen LogP contribution in [0.15, 0.2) is 64.0 Å². The molecule has 0 aliphatic rings. The van der Waals surface area contributed by atoms with Crippen molar-refractivity contribution in [1.82, 2.24) is 4.72 Å². The summed E-state index contributed by atoms with van der Waals surface area (Å²) in [4.78, 5) is 23.4. The number of benzene rings is 2. The summed E-state index contributed by atoms with van der Waals surface area (Å²) in [6, 6.07) is 14.6. The molecule has 2 aromatic rings. The van der Waals surface area contributed by atoms with E-state index in [0.29, 0.717) is 10.0 Å². The van der Waals surface area contributed by atoms with Crippen LogP contribution in [0.2, 0.25) is 0 Å². The topological polar surface area (TPSA) is 89.5 Å². The van der Waals surface area contributed by atoms with Crippen molar-refractivity contribution in [2.45, 2.75) is 4.90 Å². The molecule has 0 aromatic heterocycles. The van der Waals surface area contributed by atoms with Gasteiger partial charge in [-0.25, -0.2) is 8.42 Å². The van der Waals surface area contributed by atoms with Crippen LogP contribution in [0.4, 0.5) is 0 Å². The lowest BCUT2D eigenvalue weighted by Gasteiger charge is -2.08. The maximum absolute atomic E-state index is 12.1. The van der Waals surface area contributed by atoms with Gasteiger partial charge in [-0.15, -0.1) is 0 Å². The number of ketones is 1. The van der Waals surface area contributed by atoms with Gasteiger partial charge in [-0.05, 0) is 28.1 Å². The van der Waals surface area contributed by atoms with E-state index in [2.05, 4.69) is 20.7 Å². The summed E-state index contributed by atoms with van der Waals surface area (Å²) in [5, 5.41) is 0. The summed E-state index contributed by atoms with van der Waals surface area (Å²) >= 11 is 3.13. The highest BCUT2D eigenvalue weighted by molar-refractivity contribution is 9.10. The summed E-state index contributed by atoms with van der Waals surface area (Å²) < 4.78 is 31.5. The molecule has 0 heterocycles. The lowest BCUT2D eigenvalue weighted by Crippen LogP contribution is -2.31. The van der Waals surface area contributed by atoms with Crippen LogP contribution in [0.5, 0.6) is 0 Å². The Balaban J connectivity index is 1.87. The molecule has 0 saturated carbocycles. The van der Waals surface area contributed by atoms with E-state index in [0.717, 1.165) is 0 Å². The lowest BCUT2D eigenvalue weighted by molar-refractivity contribution is -0.141. The average molecular weight is 412 g/mol. The minimum absolute atomic E-state index is 0.0122. The molecule has 126 valence electrons. The molecule has 24 heavy (non-hydrogen) atoms. The Morgan fingerprint density at radius 1 is 1.00 bits per heavy atom. The van der Waals surface area contributed by atoms with Gasteiger partial charge in [0.05, 0.1) is 4.90 Å². The molecular weight excluding hydrogens is 398 g/mol. The van der Waals surface area contributed by atoms with Crippen molar-refractivity contribution < 1.29 is 22.7 Å². The van der Waals surface area contributed by atoms with Gasteiger partial charge in [-0.2, -0.15) is 4.72 Å². The largest absolute Gasteiger partial charge is 0.456 e. The van der Waals surface area contributed by atoms with Gasteiger partial charge < -0.3 is 4.74 Å². The first kappa shape index (κ1) is 18.3. The Bertz CT molecular complexity index is 837. The Morgan fingerprint density at radius 2 is 1.62 bits per heavy atom. The van der Waals surface area contributed by atoms with Gasteiger partial charge in [-0.1, -0.05) is 42.5 Å². The zero-order valence-electron chi connectivity index (χ0n) is 12.4. The van der Waals surface area contributed by atoms with Gasteiger partial charge in [-0.3, -0.25) is 9.59 Å². The Morgan fingerprint density at radius 3 is 2.29 bits per heavy atom. The van der Waals surface area contributed by atoms with Crippen molar-refractivity contribution in [3.63, 3.8) is 0 Å². The average Bonchev–Trinajstić information content (AvgIpc) is 2.59. The monoisotopic (exact) mass is 411 g/mol. The molecule has 0 spiro atoms. The van der Waals surface area contributed by atoms with Crippen molar-refractivity contribution in [3.8, 4) is 0 Å². The summed E-state index contributed by atoms with van der Waals surface area (Å²) in [5.74, 6) is -1.20. The number of halogens is 1. The zero-order chi connectivity index (χ0) is 17.6. The summed E-state index contributed by atoms with van der Waals surface area (Å²) in [5.41, 5.74) is 0.416. The smallest absolute Gasteiger partial charge is 0.321 e. The van der Waals surface area contributed by atoms with Crippen LogP contribution in [-0.4, -0.2) is 33.3 Å². The van der Waals surface area contributed by atoms with E-state index in [4.69, 9.17) is 4.74 Å². The zero-order valence-corrected chi connectivity index (χ0v) is 14.8. The van der Waals surface area contributed by atoms with Crippen LogP contribution in [0.3, 0.4) is 0 Å². The minimum Gasteiger partial charge on any atom is -0.456 e. The molecule has 0 bridgehead atoms. The molecule has 0 amide bonds. The van der Waals surface area contributed by atoms with Gasteiger partial charge in [0.2, 0.25) is 10.0 Å². The number of carbonyl (C=O) groups excluding carboxylic acids is 2. The molecule has 1 N–H and O–H groups in total. The second-order valence-corrected chi connectivity index (χ2v) is 7.29. The standard InChI is InChI=1S/C16H14BrNO5S/c17-13-8-4-5-9-15(13)24(21,22)18-10-16(20)23-11-14(19)12-6-2-1-3-7-12/h1-9,18H,10-11H2. The van der Waals surface area contributed by atoms with Crippen LogP contribution >= 0.6 is 15.9 Å². The fraction of sp³-hybridized carbons (Fsp3) is 0.125. The van der Waals surface area contributed by atoms with Crippen LogP contribution in [0, 0.1) is 0 Å². The van der Waals surface area contributed by atoms with E-state index in [1.54, 1.807) is 48.5 Å². The molecular formula is C16H14BrNO5S. The maximum Gasteiger partial charge on any atom is 0.321 e. The Labute approximate surface area is 148 Å².